The molecule has 0 unspecified atom stereocenters. The second-order valence-corrected chi connectivity index (χ2v) is 14.3. The molecule has 0 aromatic carbocycles. The van der Waals surface area contributed by atoms with E-state index in [1.165, 1.54) is 69.8 Å². The van der Waals surface area contributed by atoms with Crippen LogP contribution in [0.25, 0.3) is 0 Å². The van der Waals surface area contributed by atoms with Crippen LogP contribution in [0.15, 0.2) is 23.3 Å². The zero-order chi connectivity index (χ0) is 23.6. The number of fused-ring (bicyclic) bond motifs is 5. The second kappa shape index (κ2) is 8.00. The van der Waals surface area contributed by atoms with Gasteiger partial charge >= 0.3 is 0 Å². The van der Waals surface area contributed by atoms with Gasteiger partial charge in [0, 0.05) is 7.11 Å². The molecule has 32 heavy (non-hydrogen) atoms. The van der Waals surface area contributed by atoms with Crippen LogP contribution in [0, 0.1) is 38.9 Å². The molecule has 1 nitrogen and oxygen atoms in total. The Morgan fingerprint density at radius 2 is 1.72 bits per heavy atom. The molecule has 0 radical (unpaired) electrons. The SMILES string of the molecule is CO[C@H]1CC[C@]2(C)C3=CC[C@]4(C)C[C@](C)(CCC=C(C)C)CC[C@@]4(C)[C@@H]3CC[C@H]2C1(C)C. The van der Waals surface area contributed by atoms with Crippen LogP contribution in [-0.4, -0.2) is 13.2 Å². The zero-order valence-corrected chi connectivity index (χ0v) is 22.9. The molecule has 0 saturated heterocycles. The number of rotatable bonds is 4. The Morgan fingerprint density at radius 1 is 1.00 bits per heavy atom. The first-order chi connectivity index (χ1) is 14.8. The lowest BCUT2D eigenvalue weighted by Crippen LogP contribution is -2.59. The van der Waals surface area contributed by atoms with Crippen molar-refractivity contribution in [2.24, 2.45) is 38.9 Å². The number of hydrogen-bond acceptors (Lipinski definition) is 1. The normalized spacial score (nSPS) is 47.5. The minimum Gasteiger partial charge on any atom is -0.381 e. The van der Waals surface area contributed by atoms with E-state index in [1.54, 1.807) is 0 Å². The van der Waals surface area contributed by atoms with Gasteiger partial charge in [-0.1, -0.05) is 64.8 Å². The van der Waals surface area contributed by atoms with E-state index in [0.717, 1.165) is 11.8 Å². The molecule has 7 atom stereocenters. The highest BCUT2D eigenvalue weighted by atomic mass is 16.5. The van der Waals surface area contributed by atoms with Crippen LogP contribution < -0.4 is 0 Å². The number of ether oxygens (including phenoxy) is 1. The van der Waals surface area contributed by atoms with Crippen LogP contribution in [0.4, 0.5) is 0 Å². The van der Waals surface area contributed by atoms with Crippen LogP contribution in [-0.2, 0) is 4.74 Å². The molecule has 182 valence electrons. The summed E-state index contributed by atoms with van der Waals surface area (Å²) in [6.07, 6.45) is 19.1. The van der Waals surface area contributed by atoms with Gasteiger partial charge in [0.2, 0.25) is 0 Å². The van der Waals surface area contributed by atoms with Gasteiger partial charge in [0.1, 0.15) is 0 Å². The van der Waals surface area contributed by atoms with E-state index < -0.39 is 0 Å². The molecule has 4 aliphatic carbocycles. The molecule has 0 heterocycles. The third-order valence-electron chi connectivity index (χ3n) is 11.8. The number of hydrogen-bond donors (Lipinski definition) is 0. The smallest absolute Gasteiger partial charge is 0.0625 e. The van der Waals surface area contributed by atoms with Crippen molar-refractivity contribution in [3.63, 3.8) is 0 Å². The predicted molar refractivity (Wildman–Crippen MR) is 138 cm³/mol. The first kappa shape index (κ1) is 24.6. The molecule has 0 spiro atoms. The van der Waals surface area contributed by atoms with Crippen LogP contribution in [0.3, 0.4) is 0 Å². The summed E-state index contributed by atoms with van der Waals surface area (Å²) in [7, 11) is 1.93. The van der Waals surface area contributed by atoms with Gasteiger partial charge in [0.05, 0.1) is 6.10 Å². The van der Waals surface area contributed by atoms with Crippen molar-refractivity contribution in [2.75, 3.05) is 7.11 Å². The van der Waals surface area contributed by atoms with E-state index in [0.29, 0.717) is 27.8 Å². The molecular weight excluding hydrogens is 388 g/mol. The van der Waals surface area contributed by atoms with E-state index in [1.807, 2.05) is 12.7 Å². The highest BCUT2D eigenvalue weighted by molar-refractivity contribution is 5.32. The maximum atomic E-state index is 6.00. The summed E-state index contributed by atoms with van der Waals surface area (Å²) >= 11 is 0. The van der Waals surface area contributed by atoms with E-state index in [2.05, 4.69) is 67.5 Å². The molecule has 0 amide bonds. The molecule has 3 fully saturated rings. The molecule has 0 aromatic rings. The average Bonchev–Trinajstić information content (AvgIpc) is 2.68. The van der Waals surface area contributed by atoms with Crippen molar-refractivity contribution in [3.8, 4) is 0 Å². The van der Waals surface area contributed by atoms with Gasteiger partial charge in [-0.3, -0.25) is 0 Å². The minimum absolute atomic E-state index is 0.269. The van der Waals surface area contributed by atoms with Crippen LogP contribution in [0.1, 0.15) is 120 Å². The first-order valence-corrected chi connectivity index (χ1v) is 13.7. The van der Waals surface area contributed by atoms with Crippen LogP contribution in [0.5, 0.6) is 0 Å². The van der Waals surface area contributed by atoms with Gasteiger partial charge in [0.15, 0.2) is 0 Å². The minimum atomic E-state index is 0.269. The van der Waals surface area contributed by atoms with Gasteiger partial charge in [0.25, 0.3) is 0 Å². The Hall–Kier alpha value is -0.560. The monoisotopic (exact) mass is 440 g/mol. The molecule has 4 aliphatic rings. The van der Waals surface area contributed by atoms with Crippen molar-refractivity contribution < 1.29 is 4.74 Å². The third-order valence-corrected chi connectivity index (χ3v) is 11.8. The van der Waals surface area contributed by atoms with E-state index >= 15 is 0 Å². The maximum absolute atomic E-state index is 6.00. The van der Waals surface area contributed by atoms with Crippen molar-refractivity contribution >= 4 is 0 Å². The van der Waals surface area contributed by atoms with Crippen LogP contribution >= 0.6 is 0 Å². The summed E-state index contributed by atoms with van der Waals surface area (Å²) < 4.78 is 6.00. The van der Waals surface area contributed by atoms with Gasteiger partial charge in [-0.15, -0.1) is 0 Å². The Morgan fingerprint density at radius 3 is 2.38 bits per heavy atom. The Balaban J connectivity index is 1.63. The predicted octanol–water partition coefficient (Wildman–Crippen LogP) is 9.13. The molecule has 0 aromatic heterocycles. The lowest BCUT2D eigenvalue weighted by molar-refractivity contribution is -0.144. The molecule has 0 bridgehead atoms. The zero-order valence-electron chi connectivity index (χ0n) is 22.9. The summed E-state index contributed by atoms with van der Waals surface area (Å²) in [6.45, 7) is 20.1. The first-order valence-electron chi connectivity index (χ1n) is 13.7. The van der Waals surface area contributed by atoms with Crippen molar-refractivity contribution in [1.82, 2.24) is 0 Å². The maximum Gasteiger partial charge on any atom is 0.0625 e. The largest absolute Gasteiger partial charge is 0.381 e. The second-order valence-electron chi connectivity index (χ2n) is 14.3. The topological polar surface area (TPSA) is 9.23 Å². The summed E-state index contributed by atoms with van der Waals surface area (Å²) in [4.78, 5) is 0. The quantitative estimate of drug-likeness (QED) is 0.396. The standard InChI is InChI=1S/C31H52O/c1-22(2)11-10-16-28(5)19-20-31(8)24-12-13-25-27(3,4)26(32-9)15-18-30(25,7)23(24)14-17-29(31,6)21-28/h11,14,24-26H,10,12-13,15-21H2,1-9H3/t24-,25+,26+,28-,29-,30-,31+/m1/s1. The van der Waals surface area contributed by atoms with Gasteiger partial charge < -0.3 is 4.74 Å². The summed E-state index contributed by atoms with van der Waals surface area (Å²) in [5, 5.41) is 0. The summed E-state index contributed by atoms with van der Waals surface area (Å²) in [5.74, 6) is 1.54. The van der Waals surface area contributed by atoms with E-state index in [9.17, 15) is 0 Å². The fourth-order valence-corrected chi connectivity index (χ4v) is 9.66. The van der Waals surface area contributed by atoms with Crippen LogP contribution in [0.2, 0.25) is 0 Å². The number of allylic oxidation sites excluding steroid dienone is 4. The van der Waals surface area contributed by atoms with Crippen molar-refractivity contribution in [1.29, 1.82) is 0 Å². The van der Waals surface area contributed by atoms with Gasteiger partial charge in [-0.25, -0.2) is 0 Å². The van der Waals surface area contributed by atoms with Gasteiger partial charge in [-0.2, -0.15) is 0 Å². The molecular formula is C31H52O. The summed E-state index contributed by atoms with van der Waals surface area (Å²) in [6, 6.07) is 0. The summed E-state index contributed by atoms with van der Waals surface area (Å²) in [5.41, 5.74) is 5.39. The lowest BCUT2D eigenvalue weighted by atomic mass is 9.38. The van der Waals surface area contributed by atoms with E-state index in [-0.39, 0.29) is 5.41 Å². The molecule has 1 heteroatoms. The third kappa shape index (κ3) is 3.59. The fourth-order valence-electron chi connectivity index (χ4n) is 9.66. The van der Waals surface area contributed by atoms with E-state index in [4.69, 9.17) is 4.74 Å². The highest BCUT2D eigenvalue weighted by Crippen LogP contribution is 2.72. The fraction of sp³-hybridized carbons (Fsp3) is 0.871. The molecule has 0 N–H and O–H groups in total. The Kier molecular flexibility index (Phi) is 6.14. The Labute approximate surface area is 199 Å². The Bertz CT molecular complexity index is 784. The average molecular weight is 441 g/mol. The number of methoxy groups -OCH3 is 1. The van der Waals surface area contributed by atoms with Crippen molar-refractivity contribution in [2.45, 2.75) is 126 Å². The van der Waals surface area contributed by atoms with Crippen molar-refractivity contribution in [3.05, 3.63) is 23.3 Å². The highest BCUT2D eigenvalue weighted by Gasteiger charge is 2.63. The molecule has 0 aliphatic heterocycles. The lowest BCUT2D eigenvalue weighted by Gasteiger charge is -2.67. The van der Waals surface area contributed by atoms with Gasteiger partial charge in [-0.05, 0) is 117 Å². The molecule has 4 rings (SSSR count). The molecule has 3 saturated carbocycles.